The summed E-state index contributed by atoms with van der Waals surface area (Å²) in [5, 5.41) is 16.6. The minimum Gasteiger partial charge on any atom is -0.465 e. The molecule has 3 atom stereocenters. The number of carboxylic acid groups (broad SMARTS) is 1. The molecule has 2 fully saturated rings. The zero-order chi connectivity index (χ0) is 18.6. The minimum absolute atomic E-state index is 0.0622. The number of amides is 1. The molecule has 0 bridgehead atoms. The highest BCUT2D eigenvalue weighted by Gasteiger charge is 2.44. The van der Waals surface area contributed by atoms with E-state index in [1.165, 1.54) is 17.0 Å². The van der Waals surface area contributed by atoms with E-state index in [9.17, 15) is 14.3 Å². The molecule has 144 valence electrons. The third kappa shape index (κ3) is 4.50. The molecule has 26 heavy (non-hydrogen) atoms. The van der Waals surface area contributed by atoms with Crippen molar-refractivity contribution < 1.29 is 14.3 Å². The molecule has 3 unspecified atom stereocenters. The summed E-state index contributed by atoms with van der Waals surface area (Å²) in [6.07, 6.45) is 2.08. The molecule has 2 heterocycles. The van der Waals surface area contributed by atoms with Gasteiger partial charge in [-0.1, -0.05) is 12.1 Å². The van der Waals surface area contributed by atoms with Gasteiger partial charge in [-0.25, -0.2) is 9.18 Å². The van der Waals surface area contributed by atoms with Crippen molar-refractivity contribution in [2.75, 3.05) is 38.2 Å². The van der Waals surface area contributed by atoms with Crippen LogP contribution in [0.2, 0.25) is 0 Å². The molecule has 0 aliphatic carbocycles. The van der Waals surface area contributed by atoms with E-state index < -0.39 is 6.09 Å². The molecule has 0 aromatic heterocycles. The fourth-order valence-electron chi connectivity index (χ4n) is 3.99. The first kappa shape index (κ1) is 19.5. The van der Waals surface area contributed by atoms with Crippen LogP contribution in [0.15, 0.2) is 24.3 Å². The minimum atomic E-state index is -0.932. The summed E-state index contributed by atoms with van der Waals surface area (Å²) in [5.74, 6) is 2.07. The number of thioether (sulfide) groups is 1. The van der Waals surface area contributed by atoms with Gasteiger partial charge in [-0.2, -0.15) is 11.8 Å². The number of rotatable bonds is 7. The molecular weight excluding hydrogens is 353 g/mol. The van der Waals surface area contributed by atoms with Crippen LogP contribution in [0.3, 0.4) is 0 Å². The van der Waals surface area contributed by atoms with Crippen molar-refractivity contribution in [1.82, 2.24) is 15.5 Å². The largest absolute Gasteiger partial charge is 0.465 e. The van der Waals surface area contributed by atoms with Gasteiger partial charge in [-0.3, -0.25) is 0 Å². The summed E-state index contributed by atoms with van der Waals surface area (Å²) in [5.41, 5.74) is 1.10. The lowest BCUT2D eigenvalue weighted by Gasteiger charge is -2.51. The Labute approximate surface area is 158 Å². The molecule has 2 aliphatic heterocycles. The van der Waals surface area contributed by atoms with Crippen LogP contribution in [0.25, 0.3) is 0 Å². The van der Waals surface area contributed by atoms with E-state index in [-0.39, 0.29) is 17.3 Å². The van der Waals surface area contributed by atoms with Crippen LogP contribution in [-0.2, 0) is 0 Å². The van der Waals surface area contributed by atoms with Gasteiger partial charge in [0.15, 0.2) is 0 Å². The van der Waals surface area contributed by atoms with Crippen molar-refractivity contribution in [2.45, 2.75) is 36.8 Å². The third-order valence-electron chi connectivity index (χ3n) is 5.74. The molecule has 1 aromatic rings. The van der Waals surface area contributed by atoms with Gasteiger partial charge in [0, 0.05) is 49.1 Å². The first-order chi connectivity index (χ1) is 12.5. The fraction of sp³-hybridized carbons (Fsp3) is 0.632. The summed E-state index contributed by atoms with van der Waals surface area (Å²) in [6, 6.07) is 6.94. The monoisotopic (exact) mass is 381 g/mol. The van der Waals surface area contributed by atoms with Crippen LogP contribution < -0.4 is 10.6 Å². The fourth-order valence-corrected chi connectivity index (χ4v) is 5.09. The molecule has 5 nitrogen and oxygen atoms in total. The maximum Gasteiger partial charge on any atom is 0.407 e. The summed E-state index contributed by atoms with van der Waals surface area (Å²) in [7, 11) is 1.59. The molecule has 2 saturated heterocycles. The molecule has 1 amide bonds. The van der Waals surface area contributed by atoms with Crippen molar-refractivity contribution in [3.05, 3.63) is 35.6 Å². The number of benzene rings is 1. The van der Waals surface area contributed by atoms with Crippen LogP contribution in [-0.4, -0.2) is 65.9 Å². The van der Waals surface area contributed by atoms with E-state index in [0.29, 0.717) is 12.6 Å². The molecule has 3 rings (SSSR count). The lowest BCUT2D eigenvalue weighted by molar-refractivity contribution is 0.128. The quantitative estimate of drug-likeness (QED) is 0.678. The molecule has 7 heteroatoms. The number of nitrogens with one attached hydrogen (secondary N) is 2. The third-order valence-corrected chi connectivity index (χ3v) is 6.80. The highest BCUT2D eigenvalue weighted by molar-refractivity contribution is 7.99. The second-order valence-electron chi connectivity index (χ2n) is 7.36. The molecule has 2 aliphatic rings. The van der Waals surface area contributed by atoms with Gasteiger partial charge in [0.1, 0.15) is 5.82 Å². The second-order valence-corrected chi connectivity index (χ2v) is 8.51. The highest BCUT2D eigenvalue weighted by Crippen LogP contribution is 2.35. The molecule has 1 aromatic carbocycles. The van der Waals surface area contributed by atoms with Gasteiger partial charge < -0.3 is 20.6 Å². The van der Waals surface area contributed by atoms with Crippen molar-refractivity contribution in [1.29, 1.82) is 0 Å². The van der Waals surface area contributed by atoms with Crippen molar-refractivity contribution in [2.24, 2.45) is 0 Å². The molecule has 0 saturated carbocycles. The van der Waals surface area contributed by atoms with Gasteiger partial charge in [-0.15, -0.1) is 0 Å². The van der Waals surface area contributed by atoms with Crippen LogP contribution >= 0.6 is 11.8 Å². The van der Waals surface area contributed by atoms with Gasteiger partial charge >= 0.3 is 6.09 Å². The number of nitrogens with zero attached hydrogens (tertiary/aromatic N) is 1. The Hall–Kier alpha value is -1.31. The van der Waals surface area contributed by atoms with E-state index in [0.717, 1.165) is 49.4 Å². The average molecular weight is 382 g/mol. The second kappa shape index (κ2) is 8.59. The number of carbonyl (C=O) groups is 1. The van der Waals surface area contributed by atoms with Gasteiger partial charge in [0.25, 0.3) is 0 Å². The Balaban J connectivity index is 1.70. The van der Waals surface area contributed by atoms with Crippen molar-refractivity contribution >= 4 is 17.9 Å². The molecule has 0 spiro atoms. The van der Waals surface area contributed by atoms with Crippen LogP contribution in [0.4, 0.5) is 9.18 Å². The van der Waals surface area contributed by atoms with Crippen molar-refractivity contribution in [3.63, 3.8) is 0 Å². The maximum atomic E-state index is 13.3. The Morgan fingerprint density at radius 2 is 2.15 bits per heavy atom. The smallest absolute Gasteiger partial charge is 0.407 e. The Bertz CT molecular complexity index is 603. The highest BCUT2D eigenvalue weighted by atomic mass is 32.2. The predicted octanol–water partition coefficient (Wildman–Crippen LogP) is 2.74. The molecule has 0 radical (unpaired) electrons. The van der Waals surface area contributed by atoms with Gasteiger partial charge in [0.2, 0.25) is 0 Å². The predicted molar refractivity (Wildman–Crippen MR) is 103 cm³/mol. The number of hydrogen-bond donors (Lipinski definition) is 3. The lowest BCUT2D eigenvalue weighted by atomic mass is 9.75. The normalized spacial score (nSPS) is 26.8. The molecule has 3 N–H and O–H groups in total. The summed E-state index contributed by atoms with van der Waals surface area (Å²) >= 11 is 2.00. The zero-order valence-electron chi connectivity index (χ0n) is 15.2. The Kier molecular flexibility index (Phi) is 6.42. The van der Waals surface area contributed by atoms with Gasteiger partial charge in [0.05, 0.1) is 0 Å². The SMILES string of the molecule is CN(CC(CCC1(C2CSCCN2)CCN1)c1ccc(F)cc1)C(=O)O. The Morgan fingerprint density at radius 3 is 2.69 bits per heavy atom. The van der Waals surface area contributed by atoms with E-state index in [1.807, 2.05) is 11.8 Å². The zero-order valence-corrected chi connectivity index (χ0v) is 16.0. The average Bonchev–Trinajstić information content (AvgIpc) is 2.61. The van der Waals surface area contributed by atoms with Crippen LogP contribution in [0, 0.1) is 5.82 Å². The van der Waals surface area contributed by atoms with E-state index >= 15 is 0 Å². The topological polar surface area (TPSA) is 64.6 Å². The van der Waals surface area contributed by atoms with Crippen LogP contribution in [0.5, 0.6) is 0 Å². The van der Waals surface area contributed by atoms with E-state index in [2.05, 4.69) is 10.6 Å². The molecular formula is C19H28FN3O2S. The number of halogens is 1. The number of hydrogen-bond acceptors (Lipinski definition) is 4. The van der Waals surface area contributed by atoms with Gasteiger partial charge in [-0.05, 0) is 43.5 Å². The lowest BCUT2D eigenvalue weighted by Crippen LogP contribution is -2.69. The first-order valence-electron chi connectivity index (χ1n) is 9.26. The number of likely N-dealkylation sites (N-methyl/N-ethyl adjacent to an activating group) is 1. The Morgan fingerprint density at radius 1 is 1.42 bits per heavy atom. The summed E-state index contributed by atoms with van der Waals surface area (Å²) in [6.45, 7) is 2.50. The van der Waals surface area contributed by atoms with Crippen LogP contribution in [0.1, 0.15) is 30.7 Å². The standard InChI is InChI=1S/C19H28FN3O2S/c1-23(18(24)25)12-15(14-2-4-16(20)5-3-14)6-7-19(8-9-22-19)17-13-26-11-10-21-17/h2-5,15,17,21-22H,6-13H2,1H3,(H,24,25). The van der Waals surface area contributed by atoms with Crippen molar-refractivity contribution in [3.8, 4) is 0 Å². The van der Waals surface area contributed by atoms with E-state index in [4.69, 9.17) is 0 Å². The summed E-state index contributed by atoms with van der Waals surface area (Å²) in [4.78, 5) is 12.6. The van der Waals surface area contributed by atoms with E-state index in [1.54, 1.807) is 19.2 Å². The summed E-state index contributed by atoms with van der Waals surface area (Å²) < 4.78 is 13.3. The maximum absolute atomic E-state index is 13.3. The first-order valence-corrected chi connectivity index (χ1v) is 10.4.